The lowest BCUT2D eigenvalue weighted by atomic mass is 10.0. The molecular weight excluding hydrogens is 467 g/mol. The number of hydrogen-bond acceptors (Lipinski definition) is 7. The SMILES string of the molecule is CNC(=O)c1c(O)c2ncc(Cc3ccc(F)cc3)c3c2n(c1=O)C[C@H](CN(C)S(C)(=O)=O)O3. The second-order valence-corrected chi connectivity index (χ2v) is 10.2. The van der Waals surface area contributed by atoms with Gasteiger partial charge in [-0.05, 0) is 17.7 Å². The summed E-state index contributed by atoms with van der Waals surface area (Å²) in [5.41, 5.74) is 0.293. The fourth-order valence-electron chi connectivity index (χ4n) is 3.91. The van der Waals surface area contributed by atoms with Crippen molar-refractivity contribution >= 4 is 27.0 Å². The highest BCUT2D eigenvalue weighted by molar-refractivity contribution is 7.88. The third kappa shape index (κ3) is 4.21. The first-order chi connectivity index (χ1) is 16.0. The Labute approximate surface area is 194 Å². The van der Waals surface area contributed by atoms with E-state index < -0.39 is 38.9 Å². The lowest BCUT2D eigenvalue weighted by Gasteiger charge is -2.31. The van der Waals surface area contributed by atoms with Gasteiger partial charge in [-0.15, -0.1) is 0 Å². The second-order valence-electron chi connectivity index (χ2n) is 8.11. The van der Waals surface area contributed by atoms with Gasteiger partial charge in [0.1, 0.15) is 28.5 Å². The number of rotatable bonds is 6. The Balaban J connectivity index is 1.91. The number of ether oxygens (including phenoxy) is 1. The summed E-state index contributed by atoms with van der Waals surface area (Å²) < 4.78 is 45.8. The number of amides is 1. The van der Waals surface area contributed by atoms with Gasteiger partial charge in [-0.2, -0.15) is 0 Å². The number of carbonyl (C=O) groups is 1. The van der Waals surface area contributed by atoms with Gasteiger partial charge in [0, 0.05) is 32.3 Å². The first-order valence-corrected chi connectivity index (χ1v) is 12.2. The van der Waals surface area contributed by atoms with Crippen LogP contribution < -0.4 is 15.6 Å². The molecule has 0 aliphatic carbocycles. The van der Waals surface area contributed by atoms with Gasteiger partial charge in [-0.3, -0.25) is 19.1 Å². The molecule has 4 rings (SSSR count). The van der Waals surface area contributed by atoms with E-state index in [1.165, 1.54) is 37.0 Å². The number of aromatic hydroxyl groups is 1. The normalized spacial score (nSPS) is 15.4. The second kappa shape index (κ2) is 8.69. The molecule has 0 spiro atoms. The highest BCUT2D eigenvalue weighted by atomic mass is 32.2. The monoisotopic (exact) mass is 490 g/mol. The third-order valence-electron chi connectivity index (χ3n) is 5.73. The minimum Gasteiger partial charge on any atom is -0.505 e. The highest BCUT2D eigenvalue weighted by Gasteiger charge is 2.32. The van der Waals surface area contributed by atoms with E-state index in [2.05, 4.69) is 10.3 Å². The van der Waals surface area contributed by atoms with Crippen molar-refractivity contribution in [3.8, 4) is 11.5 Å². The number of likely N-dealkylation sites (N-methyl/N-ethyl adjacent to an activating group) is 1. The molecule has 3 aromatic rings. The number of pyridine rings is 2. The summed E-state index contributed by atoms with van der Waals surface area (Å²) in [5, 5.41) is 13.0. The van der Waals surface area contributed by atoms with Gasteiger partial charge in [0.15, 0.2) is 11.5 Å². The summed E-state index contributed by atoms with van der Waals surface area (Å²) in [6.07, 6.45) is 2.03. The van der Waals surface area contributed by atoms with Crippen molar-refractivity contribution in [2.75, 3.05) is 26.9 Å². The molecule has 0 radical (unpaired) electrons. The fraction of sp³-hybridized carbons (Fsp3) is 0.318. The molecule has 3 heterocycles. The molecule has 1 aliphatic heterocycles. The van der Waals surface area contributed by atoms with E-state index in [9.17, 15) is 27.5 Å². The van der Waals surface area contributed by atoms with Crippen molar-refractivity contribution in [1.82, 2.24) is 19.2 Å². The maximum absolute atomic E-state index is 13.3. The average molecular weight is 491 g/mol. The van der Waals surface area contributed by atoms with Crippen molar-refractivity contribution in [2.24, 2.45) is 0 Å². The molecule has 0 saturated heterocycles. The molecule has 1 aliphatic rings. The summed E-state index contributed by atoms with van der Waals surface area (Å²) in [4.78, 5) is 29.9. The maximum Gasteiger partial charge on any atom is 0.268 e. The van der Waals surface area contributed by atoms with Crippen molar-refractivity contribution in [1.29, 1.82) is 0 Å². The molecule has 1 atom stereocenters. The standard InChI is InChI=1S/C22H23FN4O6S/c1-24-21(29)16-19(28)17-18-20(13(9-25-17)8-12-4-6-14(23)7-5-12)33-15(11-27(18)22(16)30)10-26(2)34(3,31)32/h4-7,9,15,28H,8,10-11H2,1-3H3,(H,24,29)/t15-/m0/s1. The molecule has 2 N–H and O–H groups in total. The smallest absolute Gasteiger partial charge is 0.268 e. The minimum atomic E-state index is -3.52. The molecule has 0 fully saturated rings. The Morgan fingerprint density at radius 3 is 2.65 bits per heavy atom. The van der Waals surface area contributed by atoms with Gasteiger partial charge in [-0.1, -0.05) is 12.1 Å². The zero-order valence-electron chi connectivity index (χ0n) is 18.7. The van der Waals surface area contributed by atoms with Crippen LogP contribution >= 0.6 is 0 Å². The Hall–Kier alpha value is -3.51. The first-order valence-electron chi connectivity index (χ1n) is 10.3. The van der Waals surface area contributed by atoms with Gasteiger partial charge >= 0.3 is 0 Å². The van der Waals surface area contributed by atoms with E-state index >= 15 is 0 Å². The molecule has 10 nitrogen and oxygen atoms in total. The number of benzene rings is 1. The van der Waals surface area contributed by atoms with Crippen LogP contribution in [-0.4, -0.2) is 66.3 Å². The molecular formula is C22H23FN4O6S. The lowest BCUT2D eigenvalue weighted by molar-refractivity contribution is 0.0956. The summed E-state index contributed by atoms with van der Waals surface area (Å²) in [7, 11) is -0.796. The molecule has 0 bridgehead atoms. The molecule has 1 amide bonds. The van der Waals surface area contributed by atoms with Crippen LogP contribution in [0, 0.1) is 5.82 Å². The quantitative estimate of drug-likeness (QED) is 0.524. The Bertz CT molecular complexity index is 1450. The van der Waals surface area contributed by atoms with Gasteiger partial charge in [0.2, 0.25) is 10.0 Å². The summed E-state index contributed by atoms with van der Waals surface area (Å²) in [6, 6.07) is 5.83. The first kappa shape index (κ1) is 23.6. The number of sulfonamides is 1. The minimum absolute atomic E-state index is 0.00553. The van der Waals surface area contributed by atoms with Crippen molar-refractivity contribution in [3.63, 3.8) is 0 Å². The Morgan fingerprint density at radius 2 is 2.03 bits per heavy atom. The van der Waals surface area contributed by atoms with Crippen LogP contribution in [0.2, 0.25) is 0 Å². The molecule has 2 aromatic heterocycles. The molecule has 0 saturated carbocycles. The van der Waals surface area contributed by atoms with E-state index in [1.807, 2.05) is 0 Å². The van der Waals surface area contributed by atoms with Crippen LogP contribution in [0.25, 0.3) is 11.0 Å². The van der Waals surface area contributed by atoms with Gasteiger partial charge < -0.3 is 15.2 Å². The predicted octanol–water partition coefficient (Wildman–Crippen LogP) is 0.844. The van der Waals surface area contributed by atoms with Crippen LogP contribution in [0.5, 0.6) is 11.5 Å². The number of carbonyl (C=O) groups excluding carboxylic acids is 1. The lowest BCUT2D eigenvalue weighted by Crippen LogP contribution is -2.44. The molecule has 12 heteroatoms. The highest BCUT2D eigenvalue weighted by Crippen LogP contribution is 2.37. The Morgan fingerprint density at radius 1 is 1.35 bits per heavy atom. The summed E-state index contributed by atoms with van der Waals surface area (Å²) >= 11 is 0. The summed E-state index contributed by atoms with van der Waals surface area (Å²) in [5.74, 6) is -1.49. The average Bonchev–Trinajstić information content (AvgIpc) is 2.78. The Kier molecular flexibility index (Phi) is 6.04. The third-order valence-corrected chi connectivity index (χ3v) is 7.01. The predicted molar refractivity (Wildman–Crippen MR) is 122 cm³/mol. The molecule has 34 heavy (non-hydrogen) atoms. The van der Waals surface area contributed by atoms with Crippen molar-refractivity contribution < 1.29 is 27.4 Å². The van der Waals surface area contributed by atoms with Gasteiger partial charge in [0.05, 0.1) is 19.3 Å². The topological polar surface area (TPSA) is 131 Å². The zero-order valence-corrected chi connectivity index (χ0v) is 19.5. The van der Waals surface area contributed by atoms with Crippen molar-refractivity contribution in [2.45, 2.75) is 19.1 Å². The van der Waals surface area contributed by atoms with E-state index in [0.717, 1.165) is 16.1 Å². The van der Waals surface area contributed by atoms with Gasteiger partial charge in [0.25, 0.3) is 11.5 Å². The van der Waals surface area contributed by atoms with Gasteiger partial charge in [-0.25, -0.2) is 17.1 Å². The van der Waals surface area contributed by atoms with Crippen LogP contribution in [0.4, 0.5) is 4.39 Å². The molecule has 180 valence electrons. The summed E-state index contributed by atoms with van der Waals surface area (Å²) in [6.45, 7) is -0.116. The van der Waals surface area contributed by atoms with Crippen LogP contribution in [0.1, 0.15) is 21.5 Å². The van der Waals surface area contributed by atoms with Crippen molar-refractivity contribution in [3.05, 3.63) is 63.3 Å². The zero-order chi connectivity index (χ0) is 24.8. The van der Waals surface area contributed by atoms with E-state index in [-0.39, 0.29) is 42.1 Å². The number of halogens is 1. The number of hydrogen-bond donors (Lipinski definition) is 2. The maximum atomic E-state index is 13.3. The molecule has 1 aromatic carbocycles. The fourth-order valence-corrected chi connectivity index (χ4v) is 4.35. The van der Waals surface area contributed by atoms with Crippen LogP contribution in [0.3, 0.4) is 0 Å². The van der Waals surface area contributed by atoms with Crippen LogP contribution in [-0.2, 0) is 23.0 Å². The number of nitrogens with zero attached hydrogens (tertiary/aromatic N) is 3. The van der Waals surface area contributed by atoms with E-state index in [1.54, 1.807) is 12.1 Å². The van der Waals surface area contributed by atoms with E-state index in [4.69, 9.17) is 4.74 Å². The molecule has 0 unspecified atom stereocenters. The number of nitrogens with one attached hydrogen (secondary N) is 1. The van der Waals surface area contributed by atoms with E-state index in [0.29, 0.717) is 5.56 Å². The number of aromatic nitrogens is 2. The largest absolute Gasteiger partial charge is 0.505 e. The van der Waals surface area contributed by atoms with Crippen LogP contribution in [0.15, 0.2) is 35.3 Å².